The number of piperidine rings is 1. The molecular weight excluding hydrogens is 458 g/mol. The van der Waals surface area contributed by atoms with Crippen molar-refractivity contribution < 1.29 is 14.2 Å². The first-order chi connectivity index (χ1) is 16.2. The van der Waals surface area contributed by atoms with Crippen LogP contribution in [0, 0.1) is 0 Å². The zero-order valence-electron chi connectivity index (χ0n) is 19.2. The maximum Gasteiger partial charge on any atom is 0.252 e. The Morgan fingerprint density at radius 3 is 2.65 bits per heavy atom. The number of methoxy groups -OCH3 is 1. The van der Waals surface area contributed by atoms with Gasteiger partial charge in [-0.3, -0.25) is 14.3 Å². The molecule has 34 heavy (non-hydrogen) atoms. The van der Waals surface area contributed by atoms with Crippen LogP contribution in [0.3, 0.4) is 0 Å². The van der Waals surface area contributed by atoms with Gasteiger partial charge in [-0.2, -0.15) is 4.98 Å². The number of hydrogen-bond acceptors (Lipinski definition) is 8. The Balaban J connectivity index is 0.00000274. The van der Waals surface area contributed by atoms with E-state index in [1.165, 1.54) is 0 Å². The van der Waals surface area contributed by atoms with Gasteiger partial charge in [0.1, 0.15) is 18.9 Å². The Hall–Kier alpha value is -2.88. The molecule has 0 aliphatic carbocycles. The number of ether oxygens (including phenoxy) is 3. The van der Waals surface area contributed by atoms with Crippen LogP contribution in [-0.4, -0.2) is 65.4 Å². The first-order valence-electron chi connectivity index (χ1n) is 11.4. The monoisotopic (exact) mass is 487 g/mol. The zero-order chi connectivity index (χ0) is 22.6. The maximum atomic E-state index is 12.5. The van der Waals surface area contributed by atoms with Crippen molar-refractivity contribution in [3.8, 4) is 17.4 Å². The van der Waals surface area contributed by atoms with E-state index in [4.69, 9.17) is 14.2 Å². The van der Waals surface area contributed by atoms with Crippen LogP contribution in [0.15, 0.2) is 41.3 Å². The number of nitrogens with zero attached hydrogens (tertiary/aromatic N) is 4. The van der Waals surface area contributed by atoms with Crippen LogP contribution < -0.4 is 25.1 Å². The van der Waals surface area contributed by atoms with Crippen LogP contribution in [0.1, 0.15) is 18.5 Å². The highest BCUT2D eigenvalue weighted by atomic mass is 35.5. The van der Waals surface area contributed by atoms with Gasteiger partial charge in [0, 0.05) is 49.3 Å². The molecule has 2 aliphatic rings. The molecule has 0 atom stereocenters. The van der Waals surface area contributed by atoms with Crippen LogP contribution in [0.2, 0.25) is 0 Å². The molecule has 1 saturated heterocycles. The maximum absolute atomic E-state index is 12.5. The van der Waals surface area contributed by atoms with E-state index in [9.17, 15) is 4.79 Å². The highest BCUT2D eigenvalue weighted by Crippen LogP contribution is 2.29. The molecule has 1 N–H and O–H groups in total. The lowest BCUT2D eigenvalue weighted by Crippen LogP contribution is -2.43. The van der Waals surface area contributed by atoms with Gasteiger partial charge >= 0.3 is 0 Å². The number of halogens is 1. The van der Waals surface area contributed by atoms with E-state index < -0.39 is 0 Å². The van der Waals surface area contributed by atoms with Crippen molar-refractivity contribution in [1.82, 2.24) is 24.8 Å². The summed E-state index contributed by atoms with van der Waals surface area (Å²) < 4.78 is 18.2. The van der Waals surface area contributed by atoms with E-state index in [0.29, 0.717) is 43.9 Å². The lowest BCUT2D eigenvalue weighted by Gasteiger charge is -2.32. The van der Waals surface area contributed by atoms with Gasteiger partial charge in [0.2, 0.25) is 5.88 Å². The summed E-state index contributed by atoms with van der Waals surface area (Å²) in [5.74, 6) is 2.01. The molecule has 0 saturated carbocycles. The second kappa shape index (κ2) is 11.0. The summed E-state index contributed by atoms with van der Waals surface area (Å²) in [5, 5.41) is 4.56. The number of likely N-dealkylation sites (tertiary alicyclic amines) is 1. The minimum atomic E-state index is -0.0354. The second-order valence-electron chi connectivity index (χ2n) is 8.41. The molecule has 0 amide bonds. The fraction of sp³-hybridized carbons (Fsp3) is 0.458. The van der Waals surface area contributed by atoms with E-state index >= 15 is 0 Å². The molecule has 3 aromatic heterocycles. The molecule has 182 valence electrons. The summed E-state index contributed by atoms with van der Waals surface area (Å²) in [6, 6.07) is 9.58. The average molecular weight is 488 g/mol. The minimum Gasteiger partial charge on any atom is -0.486 e. The molecular formula is C24H30ClN5O4. The van der Waals surface area contributed by atoms with Crippen molar-refractivity contribution in [1.29, 1.82) is 0 Å². The van der Waals surface area contributed by atoms with E-state index in [1.54, 1.807) is 23.9 Å². The van der Waals surface area contributed by atoms with Gasteiger partial charge in [0.25, 0.3) is 5.56 Å². The molecule has 3 aromatic rings. The normalized spacial score (nSPS) is 16.3. The highest BCUT2D eigenvalue weighted by Gasteiger charge is 2.20. The van der Waals surface area contributed by atoms with E-state index in [2.05, 4.69) is 20.2 Å². The van der Waals surface area contributed by atoms with Gasteiger partial charge in [-0.25, -0.2) is 0 Å². The van der Waals surface area contributed by atoms with Crippen LogP contribution in [0.4, 0.5) is 0 Å². The minimum absolute atomic E-state index is 0. The largest absolute Gasteiger partial charge is 0.486 e. The molecule has 10 heteroatoms. The van der Waals surface area contributed by atoms with Crippen molar-refractivity contribution in [2.45, 2.75) is 32.0 Å². The summed E-state index contributed by atoms with van der Waals surface area (Å²) >= 11 is 0. The van der Waals surface area contributed by atoms with Gasteiger partial charge < -0.3 is 24.4 Å². The molecule has 0 unspecified atom stereocenters. The smallest absolute Gasteiger partial charge is 0.252 e. The summed E-state index contributed by atoms with van der Waals surface area (Å²) in [7, 11) is 1.58. The Kier molecular flexibility index (Phi) is 7.87. The van der Waals surface area contributed by atoms with E-state index in [-0.39, 0.29) is 18.0 Å². The Bertz CT molecular complexity index is 1180. The molecule has 1 fully saturated rings. The molecule has 9 nitrogen and oxygen atoms in total. The predicted molar refractivity (Wildman–Crippen MR) is 131 cm³/mol. The highest BCUT2D eigenvalue weighted by molar-refractivity contribution is 5.85. The predicted octanol–water partition coefficient (Wildman–Crippen LogP) is 2.25. The van der Waals surface area contributed by atoms with Gasteiger partial charge in [-0.1, -0.05) is 0 Å². The SMILES string of the molecule is COc1ccc2ccc(=O)n(CCN3CCC(NCc4cc5c(cn4)OCCO5)CC3)c2n1.Cl. The van der Waals surface area contributed by atoms with Crippen molar-refractivity contribution in [2.24, 2.45) is 0 Å². The zero-order valence-corrected chi connectivity index (χ0v) is 20.1. The Morgan fingerprint density at radius 1 is 1.09 bits per heavy atom. The summed E-state index contributed by atoms with van der Waals surface area (Å²) in [6.07, 6.45) is 3.86. The van der Waals surface area contributed by atoms with Crippen LogP contribution in [0.5, 0.6) is 17.4 Å². The van der Waals surface area contributed by atoms with Gasteiger partial charge in [-0.05, 0) is 38.1 Å². The Labute approximate surface area is 204 Å². The fourth-order valence-corrected chi connectivity index (χ4v) is 4.41. The molecule has 5 rings (SSSR count). The standard InChI is InChI=1S/C24H29N5O4.ClH/c1-31-22-4-2-17-3-5-23(30)29(24(17)27-22)11-10-28-8-6-18(7-9-28)25-15-19-14-20-21(16-26-19)33-13-12-32-20;/h2-5,14,16,18,25H,6-13,15H2,1H3;1H. The third-order valence-corrected chi connectivity index (χ3v) is 6.30. The summed E-state index contributed by atoms with van der Waals surface area (Å²) in [6.45, 7) is 5.26. The quantitative estimate of drug-likeness (QED) is 0.542. The molecule has 2 aliphatic heterocycles. The number of pyridine rings is 3. The molecule has 0 aromatic carbocycles. The van der Waals surface area contributed by atoms with Crippen LogP contribution >= 0.6 is 12.4 Å². The number of aromatic nitrogens is 3. The van der Waals surface area contributed by atoms with Crippen molar-refractivity contribution in [3.63, 3.8) is 0 Å². The molecule has 0 radical (unpaired) electrons. The number of hydrogen-bond donors (Lipinski definition) is 1. The van der Waals surface area contributed by atoms with Gasteiger partial charge in [-0.15, -0.1) is 12.4 Å². The average Bonchev–Trinajstić information content (AvgIpc) is 2.87. The fourth-order valence-electron chi connectivity index (χ4n) is 4.41. The molecule has 0 spiro atoms. The lowest BCUT2D eigenvalue weighted by atomic mass is 10.0. The third-order valence-electron chi connectivity index (χ3n) is 6.30. The number of nitrogens with one attached hydrogen (secondary N) is 1. The van der Waals surface area contributed by atoms with Crippen LogP contribution in [-0.2, 0) is 13.1 Å². The van der Waals surface area contributed by atoms with E-state index in [0.717, 1.165) is 55.1 Å². The summed E-state index contributed by atoms with van der Waals surface area (Å²) in [5.41, 5.74) is 1.59. The van der Waals surface area contributed by atoms with Gasteiger partial charge in [0.15, 0.2) is 11.5 Å². The van der Waals surface area contributed by atoms with E-state index in [1.807, 2.05) is 24.3 Å². The Morgan fingerprint density at radius 2 is 1.85 bits per heavy atom. The third kappa shape index (κ3) is 5.43. The van der Waals surface area contributed by atoms with Crippen molar-refractivity contribution in [2.75, 3.05) is 40.0 Å². The number of rotatable bonds is 7. The van der Waals surface area contributed by atoms with Crippen LogP contribution in [0.25, 0.3) is 11.0 Å². The summed E-state index contributed by atoms with van der Waals surface area (Å²) in [4.78, 5) is 23.9. The second-order valence-corrected chi connectivity index (χ2v) is 8.41. The first kappa shape index (κ1) is 24.3. The first-order valence-corrected chi connectivity index (χ1v) is 11.4. The molecule has 0 bridgehead atoms. The van der Waals surface area contributed by atoms with Gasteiger partial charge in [0.05, 0.1) is 19.0 Å². The van der Waals surface area contributed by atoms with Crippen molar-refractivity contribution >= 4 is 23.4 Å². The topological polar surface area (TPSA) is 90.7 Å². The lowest BCUT2D eigenvalue weighted by molar-refractivity contribution is 0.170. The van der Waals surface area contributed by atoms with Crippen molar-refractivity contribution in [3.05, 3.63) is 52.6 Å². The number of fused-ring (bicyclic) bond motifs is 2. The molecule has 5 heterocycles.